The molecule has 0 spiro atoms. The summed E-state index contributed by atoms with van der Waals surface area (Å²) in [5, 5.41) is 0. The Bertz CT molecular complexity index is 593. The summed E-state index contributed by atoms with van der Waals surface area (Å²) < 4.78 is 77.2. The van der Waals surface area contributed by atoms with E-state index in [1.165, 1.54) is 4.90 Å². The smallest absolute Gasteiger partial charge is 0.336 e. The Morgan fingerprint density at radius 1 is 1.12 bits per heavy atom. The minimum atomic E-state index is -4.98. The van der Waals surface area contributed by atoms with Gasteiger partial charge in [-0.25, -0.2) is 0 Å². The van der Waals surface area contributed by atoms with Gasteiger partial charge in [-0.15, -0.1) is 0 Å². The molecule has 1 aliphatic heterocycles. The van der Waals surface area contributed by atoms with Crippen LogP contribution in [0.5, 0.6) is 0 Å². The molecule has 134 valence electrons. The highest BCUT2D eigenvalue weighted by Crippen LogP contribution is 2.37. The molecule has 0 aliphatic carbocycles. The lowest BCUT2D eigenvalue weighted by Gasteiger charge is -2.23. The minimum Gasteiger partial charge on any atom is -0.336 e. The monoisotopic (exact) mass is 354 g/mol. The molecule has 9 heteroatoms. The highest BCUT2D eigenvalue weighted by Gasteiger charge is 2.39. The fourth-order valence-corrected chi connectivity index (χ4v) is 2.84. The number of likely N-dealkylation sites (tertiary alicyclic amines) is 1. The molecule has 2 N–H and O–H groups in total. The van der Waals surface area contributed by atoms with Gasteiger partial charge in [0, 0.05) is 18.2 Å². The van der Waals surface area contributed by atoms with E-state index in [0.29, 0.717) is 25.1 Å². The topological polar surface area (TPSA) is 46.3 Å². The lowest BCUT2D eigenvalue weighted by atomic mass is 10.0. The van der Waals surface area contributed by atoms with Crippen molar-refractivity contribution in [3.8, 4) is 0 Å². The number of alkyl halides is 6. The van der Waals surface area contributed by atoms with E-state index >= 15 is 0 Å². The first-order valence-electron chi connectivity index (χ1n) is 7.24. The second kappa shape index (κ2) is 6.27. The van der Waals surface area contributed by atoms with Crippen molar-refractivity contribution in [1.82, 2.24) is 4.90 Å². The largest absolute Gasteiger partial charge is 0.416 e. The summed E-state index contributed by atoms with van der Waals surface area (Å²) in [5.74, 6) is -0.869. The van der Waals surface area contributed by atoms with E-state index in [-0.39, 0.29) is 24.6 Å². The van der Waals surface area contributed by atoms with Crippen molar-refractivity contribution in [1.29, 1.82) is 0 Å². The van der Waals surface area contributed by atoms with Crippen LogP contribution in [0.2, 0.25) is 0 Å². The van der Waals surface area contributed by atoms with E-state index < -0.39 is 35.0 Å². The van der Waals surface area contributed by atoms with Crippen molar-refractivity contribution < 1.29 is 31.1 Å². The molecule has 0 aromatic heterocycles. The van der Waals surface area contributed by atoms with Gasteiger partial charge in [-0.1, -0.05) is 0 Å². The Hall–Kier alpha value is -1.77. The molecule has 1 aliphatic rings. The summed E-state index contributed by atoms with van der Waals surface area (Å²) in [7, 11) is 0. The maximum Gasteiger partial charge on any atom is 0.416 e. The SMILES string of the molecule is CC1CC(CN)CN1C(=O)c1cc(C(F)(F)F)cc(C(F)(F)F)c1. The van der Waals surface area contributed by atoms with Crippen LogP contribution in [0.1, 0.15) is 34.8 Å². The molecule has 0 bridgehead atoms. The number of amides is 1. The summed E-state index contributed by atoms with van der Waals surface area (Å²) in [6.07, 6.45) is -9.40. The van der Waals surface area contributed by atoms with Gasteiger partial charge in [-0.3, -0.25) is 4.79 Å². The first-order valence-corrected chi connectivity index (χ1v) is 7.24. The number of carbonyl (C=O) groups is 1. The van der Waals surface area contributed by atoms with E-state index in [1.54, 1.807) is 6.92 Å². The predicted molar refractivity (Wildman–Crippen MR) is 74.1 cm³/mol. The number of hydrogen-bond donors (Lipinski definition) is 1. The molecular formula is C15H16F6N2O. The van der Waals surface area contributed by atoms with E-state index in [4.69, 9.17) is 5.73 Å². The van der Waals surface area contributed by atoms with Crippen LogP contribution in [0.25, 0.3) is 0 Å². The third-order valence-electron chi connectivity index (χ3n) is 4.09. The van der Waals surface area contributed by atoms with Crippen molar-refractivity contribution in [3.63, 3.8) is 0 Å². The number of rotatable bonds is 2. The fourth-order valence-electron chi connectivity index (χ4n) is 2.84. The molecule has 1 heterocycles. The molecule has 3 nitrogen and oxygen atoms in total. The second-order valence-corrected chi connectivity index (χ2v) is 5.94. The Kier molecular flexibility index (Phi) is 4.85. The lowest BCUT2D eigenvalue weighted by molar-refractivity contribution is -0.143. The molecule has 1 fully saturated rings. The average Bonchev–Trinajstić information content (AvgIpc) is 2.85. The molecule has 2 unspecified atom stereocenters. The summed E-state index contributed by atoms with van der Waals surface area (Å²) >= 11 is 0. The van der Waals surface area contributed by atoms with Gasteiger partial charge in [-0.2, -0.15) is 26.3 Å². The number of nitrogens with zero attached hydrogens (tertiary/aromatic N) is 1. The average molecular weight is 354 g/mol. The van der Waals surface area contributed by atoms with Gasteiger partial charge in [0.1, 0.15) is 0 Å². The van der Waals surface area contributed by atoms with Gasteiger partial charge < -0.3 is 10.6 Å². The Morgan fingerprint density at radius 2 is 1.62 bits per heavy atom. The van der Waals surface area contributed by atoms with E-state index in [1.807, 2.05) is 0 Å². The zero-order valence-corrected chi connectivity index (χ0v) is 12.7. The van der Waals surface area contributed by atoms with Gasteiger partial charge in [-0.05, 0) is 44.0 Å². The zero-order chi connectivity index (χ0) is 18.3. The second-order valence-electron chi connectivity index (χ2n) is 5.94. The van der Waals surface area contributed by atoms with Crippen LogP contribution in [-0.2, 0) is 12.4 Å². The number of halogens is 6. The highest BCUT2D eigenvalue weighted by molar-refractivity contribution is 5.95. The van der Waals surface area contributed by atoms with Crippen molar-refractivity contribution in [3.05, 3.63) is 34.9 Å². The van der Waals surface area contributed by atoms with Crippen molar-refractivity contribution in [2.45, 2.75) is 31.7 Å². The van der Waals surface area contributed by atoms with Crippen LogP contribution >= 0.6 is 0 Å². The minimum absolute atomic E-state index is 0.00682. The standard InChI is InChI=1S/C15H16F6N2O/c1-8-2-9(6-22)7-23(8)13(24)10-3-11(14(16,17)18)5-12(4-10)15(19,20)21/h3-5,8-9H,2,6-7,22H2,1H3. The molecule has 1 aromatic rings. The van der Waals surface area contributed by atoms with Crippen LogP contribution in [0.4, 0.5) is 26.3 Å². The third-order valence-corrected chi connectivity index (χ3v) is 4.09. The first-order chi connectivity index (χ1) is 10.9. The molecule has 0 radical (unpaired) electrons. The van der Waals surface area contributed by atoms with Crippen LogP contribution in [0.15, 0.2) is 18.2 Å². The summed E-state index contributed by atoms with van der Waals surface area (Å²) in [4.78, 5) is 13.7. The highest BCUT2D eigenvalue weighted by atomic mass is 19.4. The normalized spacial score (nSPS) is 22.1. The van der Waals surface area contributed by atoms with E-state index in [2.05, 4.69) is 0 Å². The Balaban J connectivity index is 2.44. The summed E-state index contributed by atoms with van der Waals surface area (Å²) in [6, 6.07) is 0.627. The number of carbonyl (C=O) groups excluding carboxylic acids is 1. The zero-order valence-electron chi connectivity index (χ0n) is 12.7. The molecule has 1 aromatic carbocycles. The molecule has 0 saturated carbocycles. The third kappa shape index (κ3) is 3.82. The number of hydrogen-bond acceptors (Lipinski definition) is 2. The number of nitrogens with two attached hydrogens (primary N) is 1. The molecule has 1 saturated heterocycles. The van der Waals surface area contributed by atoms with Gasteiger partial charge in [0.15, 0.2) is 0 Å². The quantitative estimate of drug-likeness (QED) is 0.826. The van der Waals surface area contributed by atoms with Crippen LogP contribution in [-0.4, -0.2) is 29.9 Å². The van der Waals surface area contributed by atoms with Crippen molar-refractivity contribution >= 4 is 5.91 Å². The van der Waals surface area contributed by atoms with Crippen LogP contribution in [0.3, 0.4) is 0 Å². The summed E-state index contributed by atoms with van der Waals surface area (Å²) in [5.41, 5.74) is 1.91. The maximum atomic E-state index is 12.9. The Morgan fingerprint density at radius 3 is 2.00 bits per heavy atom. The van der Waals surface area contributed by atoms with Crippen LogP contribution < -0.4 is 5.73 Å². The Labute approximate surface area is 134 Å². The number of benzene rings is 1. The first kappa shape index (κ1) is 18.6. The maximum absolute atomic E-state index is 12.9. The van der Waals surface area contributed by atoms with Gasteiger partial charge >= 0.3 is 12.4 Å². The fraction of sp³-hybridized carbons (Fsp3) is 0.533. The van der Waals surface area contributed by atoms with Crippen molar-refractivity contribution in [2.75, 3.05) is 13.1 Å². The molecule has 2 rings (SSSR count). The molecule has 24 heavy (non-hydrogen) atoms. The van der Waals surface area contributed by atoms with Gasteiger partial charge in [0.05, 0.1) is 11.1 Å². The predicted octanol–water partition coefficient (Wildman–Crippen LogP) is 3.53. The molecule has 2 atom stereocenters. The van der Waals surface area contributed by atoms with E-state index in [9.17, 15) is 31.1 Å². The van der Waals surface area contributed by atoms with Crippen molar-refractivity contribution in [2.24, 2.45) is 11.7 Å². The molecular weight excluding hydrogens is 338 g/mol. The molecule has 1 amide bonds. The van der Waals surface area contributed by atoms with Gasteiger partial charge in [0.25, 0.3) is 5.91 Å². The summed E-state index contributed by atoms with van der Waals surface area (Å²) in [6.45, 7) is 2.20. The van der Waals surface area contributed by atoms with Crippen LogP contribution in [0, 0.1) is 5.92 Å². The lowest BCUT2D eigenvalue weighted by Crippen LogP contribution is -2.34. The van der Waals surface area contributed by atoms with E-state index in [0.717, 1.165) is 0 Å². The van der Waals surface area contributed by atoms with Gasteiger partial charge in [0.2, 0.25) is 0 Å².